The standard InChI is InChI=1S/C17H33NO/c1-4-10-18-16-9-8-14(3)12-17(16)19-15-7-5-6-13(2)11-15/h13-18H,4-12H2,1-3H3. The molecule has 1 N–H and O–H groups in total. The first kappa shape index (κ1) is 15.3. The van der Waals surface area contributed by atoms with Gasteiger partial charge < -0.3 is 10.1 Å². The van der Waals surface area contributed by atoms with Crippen LogP contribution in [0.1, 0.15) is 72.1 Å². The number of nitrogens with one attached hydrogen (secondary N) is 1. The zero-order valence-corrected chi connectivity index (χ0v) is 13.2. The second-order valence-electron chi connectivity index (χ2n) is 7.05. The molecule has 2 fully saturated rings. The van der Waals surface area contributed by atoms with E-state index in [0.717, 1.165) is 18.4 Å². The minimum atomic E-state index is 0.464. The Labute approximate surface area is 119 Å². The van der Waals surface area contributed by atoms with Gasteiger partial charge in [-0.25, -0.2) is 0 Å². The fourth-order valence-corrected chi connectivity index (χ4v) is 3.79. The lowest BCUT2D eigenvalue weighted by atomic mass is 9.84. The van der Waals surface area contributed by atoms with Crippen molar-refractivity contribution in [3.8, 4) is 0 Å². The van der Waals surface area contributed by atoms with Gasteiger partial charge in [-0.1, -0.05) is 33.6 Å². The summed E-state index contributed by atoms with van der Waals surface area (Å²) in [5, 5.41) is 3.72. The highest BCUT2D eigenvalue weighted by Gasteiger charge is 2.32. The zero-order chi connectivity index (χ0) is 13.7. The summed E-state index contributed by atoms with van der Waals surface area (Å²) in [6, 6.07) is 0.605. The first-order valence-corrected chi connectivity index (χ1v) is 8.57. The Morgan fingerprint density at radius 1 is 1.00 bits per heavy atom. The van der Waals surface area contributed by atoms with E-state index < -0.39 is 0 Å². The Kier molecular flexibility index (Phi) is 6.15. The third-order valence-electron chi connectivity index (χ3n) is 4.97. The number of hydrogen-bond acceptors (Lipinski definition) is 2. The average molecular weight is 267 g/mol. The SMILES string of the molecule is CCCNC1CCC(C)CC1OC1CCCC(C)C1. The molecule has 2 nitrogen and oxygen atoms in total. The van der Waals surface area contributed by atoms with Crippen molar-refractivity contribution in [3.63, 3.8) is 0 Å². The maximum atomic E-state index is 6.52. The van der Waals surface area contributed by atoms with Gasteiger partial charge in [-0.15, -0.1) is 0 Å². The second-order valence-corrected chi connectivity index (χ2v) is 7.05. The van der Waals surface area contributed by atoms with E-state index in [2.05, 4.69) is 26.1 Å². The smallest absolute Gasteiger partial charge is 0.0734 e. The predicted octanol–water partition coefficient (Wildman–Crippen LogP) is 4.14. The zero-order valence-electron chi connectivity index (χ0n) is 13.2. The van der Waals surface area contributed by atoms with Crippen molar-refractivity contribution in [3.05, 3.63) is 0 Å². The van der Waals surface area contributed by atoms with Crippen molar-refractivity contribution in [2.75, 3.05) is 6.54 Å². The number of ether oxygens (including phenoxy) is 1. The van der Waals surface area contributed by atoms with Gasteiger partial charge in [0.25, 0.3) is 0 Å². The lowest BCUT2D eigenvalue weighted by molar-refractivity contribution is -0.0745. The van der Waals surface area contributed by atoms with Crippen LogP contribution in [0.2, 0.25) is 0 Å². The van der Waals surface area contributed by atoms with Crippen molar-refractivity contribution in [2.45, 2.75) is 90.4 Å². The Balaban J connectivity index is 1.85. The van der Waals surface area contributed by atoms with E-state index in [0.29, 0.717) is 18.2 Å². The summed E-state index contributed by atoms with van der Waals surface area (Å²) in [5.41, 5.74) is 0. The summed E-state index contributed by atoms with van der Waals surface area (Å²) in [6.07, 6.45) is 11.5. The Bertz CT molecular complexity index is 254. The van der Waals surface area contributed by atoms with Gasteiger partial charge >= 0.3 is 0 Å². The highest BCUT2D eigenvalue weighted by molar-refractivity contribution is 4.86. The lowest BCUT2D eigenvalue weighted by Gasteiger charge is -2.39. The molecular formula is C17H33NO. The Hall–Kier alpha value is -0.0800. The van der Waals surface area contributed by atoms with Gasteiger partial charge in [-0.05, 0) is 56.9 Å². The molecule has 0 bridgehead atoms. The average Bonchev–Trinajstić information content (AvgIpc) is 2.38. The van der Waals surface area contributed by atoms with Gasteiger partial charge in [-0.2, -0.15) is 0 Å². The molecule has 0 aromatic rings. The van der Waals surface area contributed by atoms with E-state index >= 15 is 0 Å². The molecule has 5 atom stereocenters. The minimum absolute atomic E-state index is 0.464. The monoisotopic (exact) mass is 267 g/mol. The van der Waals surface area contributed by atoms with E-state index in [9.17, 15) is 0 Å². The van der Waals surface area contributed by atoms with Gasteiger partial charge in [0.2, 0.25) is 0 Å². The fourth-order valence-electron chi connectivity index (χ4n) is 3.79. The molecule has 2 aliphatic carbocycles. The molecule has 0 spiro atoms. The van der Waals surface area contributed by atoms with Crippen LogP contribution < -0.4 is 5.32 Å². The summed E-state index contributed by atoms with van der Waals surface area (Å²) in [5.74, 6) is 1.70. The summed E-state index contributed by atoms with van der Waals surface area (Å²) < 4.78 is 6.52. The van der Waals surface area contributed by atoms with Crippen LogP contribution in [-0.4, -0.2) is 24.8 Å². The Morgan fingerprint density at radius 2 is 1.79 bits per heavy atom. The van der Waals surface area contributed by atoms with Crippen molar-refractivity contribution < 1.29 is 4.74 Å². The molecule has 0 heterocycles. The van der Waals surface area contributed by atoms with Crippen molar-refractivity contribution in [1.29, 1.82) is 0 Å². The molecule has 0 aromatic carbocycles. The van der Waals surface area contributed by atoms with Gasteiger partial charge in [0.1, 0.15) is 0 Å². The molecule has 5 unspecified atom stereocenters. The molecule has 112 valence electrons. The van der Waals surface area contributed by atoms with Gasteiger partial charge in [0, 0.05) is 6.04 Å². The molecule has 2 heteroatoms. The third kappa shape index (κ3) is 4.75. The van der Waals surface area contributed by atoms with Crippen LogP contribution in [0.25, 0.3) is 0 Å². The highest BCUT2D eigenvalue weighted by Crippen LogP contribution is 2.32. The summed E-state index contributed by atoms with van der Waals surface area (Å²) >= 11 is 0. The molecule has 19 heavy (non-hydrogen) atoms. The molecule has 2 aliphatic rings. The van der Waals surface area contributed by atoms with E-state index in [1.54, 1.807) is 0 Å². The number of rotatable bonds is 5. The molecule has 2 rings (SSSR count). The molecular weight excluding hydrogens is 234 g/mol. The van der Waals surface area contributed by atoms with Gasteiger partial charge in [-0.3, -0.25) is 0 Å². The minimum Gasteiger partial charge on any atom is -0.373 e. The lowest BCUT2D eigenvalue weighted by Crippen LogP contribution is -2.47. The van der Waals surface area contributed by atoms with E-state index in [1.807, 2.05) is 0 Å². The summed E-state index contributed by atoms with van der Waals surface area (Å²) in [4.78, 5) is 0. The van der Waals surface area contributed by atoms with Crippen molar-refractivity contribution >= 4 is 0 Å². The molecule has 2 saturated carbocycles. The van der Waals surface area contributed by atoms with Crippen LogP contribution in [-0.2, 0) is 4.74 Å². The van der Waals surface area contributed by atoms with Crippen LogP contribution in [0.15, 0.2) is 0 Å². The quantitative estimate of drug-likeness (QED) is 0.808. The first-order chi connectivity index (χ1) is 9.19. The maximum Gasteiger partial charge on any atom is 0.0734 e. The maximum absolute atomic E-state index is 6.52. The van der Waals surface area contributed by atoms with Crippen molar-refractivity contribution in [2.24, 2.45) is 11.8 Å². The van der Waals surface area contributed by atoms with Gasteiger partial charge in [0.05, 0.1) is 12.2 Å². The topological polar surface area (TPSA) is 21.3 Å². The van der Waals surface area contributed by atoms with E-state index in [-0.39, 0.29) is 0 Å². The van der Waals surface area contributed by atoms with E-state index in [4.69, 9.17) is 4.74 Å². The third-order valence-corrected chi connectivity index (χ3v) is 4.97. The summed E-state index contributed by atoms with van der Waals surface area (Å²) in [6.45, 7) is 8.15. The van der Waals surface area contributed by atoms with Crippen LogP contribution in [0.5, 0.6) is 0 Å². The molecule has 0 radical (unpaired) electrons. The largest absolute Gasteiger partial charge is 0.373 e. The van der Waals surface area contributed by atoms with Crippen molar-refractivity contribution in [1.82, 2.24) is 5.32 Å². The molecule has 0 aromatic heterocycles. The van der Waals surface area contributed by atoms with Crippen LogP contribution >= 0.6 is 0 Å². The normalized spacial score (nSPS) is 40.3. The van der Waals surface area contributed by atoms with E-state index in [1.165, 1.54) is 51.4 Å². The molecule has 0 amide bonds. The molecule has 0 saturated heterocycles. The fraction of sp³-hybridized carbons (Fsp3) is 1.00. The molecule has 0 aliphatic heterocycles. The van der Waals surface area contributed by atoms with Crippen LogP contribution in [0.4, 0.5) is 0 Å². The van der Waals surface area contributed by atoms with Gasteiger partial charge in [0.15, 0.2) is 0 Å². The second kappa shape index (κ2) is 7.64. The predicted molar refractivity (Wildman–Crippen MR) is 81.4 cm³/mol. The number of hydrogen-bond donors (Lipinski definition) is 1. The first-order valence-electron chi connectivity index (χ1n) is 8.57. The highest BCUT2D eigenvalue weighted by atomic mass is 16.5. The summed E-state index contributed by atoms with van der Waals surface area (Å²) in [7, 11) is 0. The Morgan fingerprint density at radius 3 is 2.53 bits per heavy atom. The van der Waals surface area contributed by atoms with Crippen LogP contribution in [0, 0.1) is 11.8 Å². The van der Waals surface area contributed by atoms with Crippen LogP contribution in [0.3, 0.4) is 0 Å².